The van der Waals surface area contributed by atoms with Crippen molar-refractivity contribution in [1.82, 2.24) is 0 Å². The first-order valence-corrected chi connectivity index (χ1v) is 7.46. The molecule has 0 saturated heterocycles. The molecule has 2 N–H and O–H groups in total. The minimum atomic E-state index is 0.396. The Morgan fingerprint density at radius 1 is 1.29 bits per heavy atom. The van der Waals surface area contributed by atoms with Crippen LogP contribution in [0.25, 0.3) is 0 Å². The molecule has 2 aliphatic carbocycles. The van der Waals surface area contributed by atoms with E-state index in [0.29, 0.717) is 5.41 Å². The van der Waals surface area contributed by atoms with Crippen LogP contribution < -0.4 is 5.73 Å². The highest BCUT2D eigenvalue weighted by atomic mass is 79.9. The van der Waals surface area contributed by atoms with Gasteiger partial charge >= 0.3 is 0 Å². The van der Waals surface area contributed by atoms with E-state index in [-0.39, 0.29) is 0 Å². The fraction of sp³-hybridized carbons (Fsp3) is 0.600. The van der Waals surface area contributed by atoms with Crippen LogP contribution in [0.5, 0.6) is 0 Å². The average Bonchev–Trinajstić information content (AvgIpc) is 2.93. The van der Waals surface area contributed by atoms with E-state index in [1.54, 1.807) is 0 Å². The van der Waals surface area contributed by atoms with Crippen molar-refractivity contribution < 1.29 is 0 Å². The van der Waals surface area contributed by atoms with Crippen molar-refractivity contribution in [1.29, 1.82) is 0 Å². The maximum atomic E-state index is 6.14. The molecular weight excluding hydrogens is 274 g/mol. The van der Waals surface area contributed by atoms with Crippen molar-refractivity contribution in [2.75, 3.05) is 6.54 Å². The van der Waals surface area contributed by atoms with Gasteiger partial charge in [-0.3, -0.25) is 0 Å². The lowest BCUT2D eigenvalue weighted by Gasteiger charge is -2.37. The van der Waals surface area contributed by atoms with Crippen LogP contribution in [0.3, 0.4) is 0 Å². The Morgan fingerprint density at radius 2 is 2.12 bits per heavy atom. The lowest BCUT2D eigenvalue weighted by Crippen LogP contribution is -2.38. The van der Waals surface area contributed by atoms with Crippen molar-refractivity contribution in [2.24, 2.45) is 23.0 Å². The van der Waals surface area contributed by atoms with Crippen molar-refractivity contribution >= 4 is 15.9 Å². The number of hydrogen-bond acceptors (Lipinski definition) is 1. The third-order valence-electron chi connectivity index (χ3n) is 5.01. The molecule has 3 rings (SSSR count). The highest BCUT2D eigenvalue weighted by molar-refractivity contribution is 9.10. The average molecular weight is 294 g/mol. The summed E-state index contributed by atoms with van der Waals surface area (Å²) in [5.41, 5.74) is 7.97. The SMILES string of the molecule is NCC1(Cc2ccccc2Br)CC2CCC1C2. The van der Waals surface area contributed by atoms with Gasteiger partial charge in [-0.2, -0.15) is 0 Å². The molecule has 17 heavy (non-hydrogen) atoms. The molecule has 2 saturated carbocycles. The predicted octanol–water partition coefficient (Wildman–Crippen LogP) is 3.76. The molecule has 0 heterocycles. The summed E-state index contributed by atoms with van der Waals surface area (Å²) in [7, 11) is 0. The molecule has 3 atom stereocenters. The van der Waals surface area contributed by atoms with E-state index in [1.807, 2.05) is 0 Å². The van der Waals surface area contributed by atoms with Gasteiger partial charge in [0, 0.05) is 4.47 Å². The summed E-state index contributed by atoms with van der Waals surface area (Å²) in [5.74, 6) is 1.84. The zero-order valence-corrected chi connectivity index (χ0v) is 11.7. The molecule has 0 spiro atoms. The van der Waals surface area contributed by atoms with E-state index in [4.69, 9.17) is 5.73 Å². The highest BCUT2D eigenvalue weighted by Gasteiger charge is 2.49. The van der Waals surface area contributed by atoms with Crippen LogP contribution in [0.4, 0.5) is 0 Å². The number of benzene rings is 1. The number of nitrogens with two attached hydrogens (primary N) is 1. The summed E-state index contributed by atoms with van der Waals surface area (Å²) >= 11 is 3.67. The van der Waals surface area contributed by atoms with Gasteiger partial charge in [-0.1, -0.05) is 40.5 Å². The van der Waals surface area contributed by atoms with Crippen molar-refractivity contribution in [2.45, 2.75) is 32.1 Å². The van der Waals surface area contributed by atoms with Gasteiger partial charge < -0.3 is 5.73 Å². The minimum Gasteiger partial charge on any atom is -0.330 e. The van der Waals surface area contributed by atoms with Gasteiger partial charge in [0.25, 0.3) is 0 Å². The van der Waals surface area contributed by atoms with Crippen LogP contribution in [-0.2, 0) is 6.42 Å². The lowest BCUT2D eigenvalue weighted by molar-refractivity contribution is 0.171. The van der Waals surface area contributed by atoms with Crippen molar-refractivity contribution in [3.05, 3.63) is 34.3 Å². The molecular formula is C15H20BrN. The number of hydrogen-bond donors (Lipinski definition) is 1. The van der Waals surface area contributed by atoms with Gasteiger partial charge in [0.15, 0.2) is 0 Å². The Bertz CT molecular complexity index is 417. The third-order valence-corrected chi connectivity index (χ3v) is 5.78. The monoisotopic (exact) mass is 293 g/mol. The van der Waals surface area contributed by atoms with E-state index in [2.05, 4.69) is 40.2 Å². The summed E-state index contributed by atoms with van der Waals surface area (Å²) in [6.45, 7) is 0.857. The second kappa shape index (κ2) is 4.40. The van der Waals surface area contributed by atoms with Gasteiger partial charge in [0.05, 0.1) is 0 Å². The summed E-state index contributed by atoms with van der Waals surface area (Å²) in [5, 5.41) is 0. The van der Waals surface area contributed by atoms with Gasteiger partial charge in [-0.05, 0) is 61.1 Å². The van der Waals surface area contributed by atoms with Crippen LogP contribution in [0, 0.1) is 17.3 Å². The summed E-state index contributed by atoms with van der Waals surface area (Å²) in [6.07, 6.45) is 6.80. The molecule has 1 aromatic rings. The second-order valence-electron chi connectivity index (χ2n) is 5.91. The third kappa shape index (κ3) is 1.96. The number of fused-ring (bicyclic) bond motifs is 2. The molecule has 92 valence electrons. The smallest absolute Gasteiger partial charge is 0.0207 e. The van der Waals surface area contributed by atoms with Crippen LogP contribution in [-0.4, -0.2) is 6.54 Å². The molecule has 1 aromatic carbocycles. The van der Waals surface area contributed by atoms with Gasteiger partial charge in [-0.15, -0.1) is 0 Å². The summed E-state index contributed by atoms with van der Waals surface area (Å²) in [4.78, 5) is 0. The number of halogens is 1. The normalized spacial score (nSPS) is 35.4. The Kier molecular flexibility index (Phi) is 3.04. The van der Waals surface area contributed by atoms with Crippen LogP contribution in [0.1, 0.15) is 31.2 Å². The molecule has 0 aromatic heterocycles. The largest absolute Gasteiger partial charge is 0.330 e. The minimum absolute atomic E-state index is 0.396. The van der Waals surface area contributed by atoms with E-state index in [0.717, 1.165) is 24.8 Å². The summed E-state index contributed by atoms with van der Waals surface area (Å²) in [6, 6.07) is 8.61. The van der Waals surface area contributed by atoms with E-state index < -0.39 is 0 Å². The molecule has 2 heteroatoms. The first-order chi connectivity index (χ1) is 8.23. The quantitative estimate of drug-likeness (QED) is 0.902. The molecule has 0 amide bonds. The maximum Gasteiger partial charge on any atom is 0.0207 e. The zero-order chi connectivity index (χ0) is 11.9. The van der Waals surface area contributed by atoms with Crippen LogP contribution in [0.15, 0.2) is 28.7 Å². The lowest BCUT2D eigenvalue weighted by atomic mass is 9.69. The Hall–Kier alpha value is -0.340. The molecule has 0 radical (unpaired) electrons. The summed E-state index contributed by atoms with van der Waals surface area (Å²) < 4.78 is 1.25. The van der Waals surface area contributed by atoms with Gasteiger partial charge in [0.1, 0.15) is 0 Å². The predicted molar refractivity (Wildman–Crippen MR) is 74.8 cm³/mol. The molecule has 2 aliphatic rings. The zero-order valence-electron chi connectivity index (χ0n) is 10.2. The maximum absolute atomic E-state index is 6.14. The van der Waals surface area contributed by atoms with Crippen LogP contribution in [0.2, 0.25) is 0 Å². The Morgan fingerprint density at radius 3 is 2.71 bits per heavy atom. The first-order valence-electron chi connectivity index (χ1n) is 6.67. The standard InChI is InChI=1S/C15H20BrN/c16-14-4-2-1-3-12(14)9-15(10-17)8-11-5-6-13(15)7-11/h1-4,11,13H,5-10,17H2. The van der Waals surface area contributed by atoms with E-state index >= 15 is 0 Å². The van der Waals surface area contributed by atoms with Crippen molar-refractivity contribution in [3.63, 3.8) is 0 Å². The van der Waals surface area contributed by atoms with E-state index in [9.17, 15) is 0 Å². The fourth-order valence-electron chi connectivity index (χ4n) is 4.12. The fourth-order valence-corrected chi connectivity index (χ4v) is 4.54. The van der Waals surface area contributed by atoms with Crippen molar-refractivity contribution in [3.8, 4) is 0 Å². The second-order valence-corrected chi connectivity index (χ2v) is 6.77. The van der Waals surface area contributed by atoms with Gasteiger partial charge in [-0.25, -0.2) is 0 Å². The molecule has 2 fully saturated rings. The van der Waals surface area contributed by atoms with E-state index in [1.165, 1.54) is 35.7 Å². The molecule has 1 nitrogen and oxygen atoms in total. The Balaban J connectivity index is 1.86. The van der Waals surface area contributed by atoms with Crippen LogP contribution >= 0.6 is 15.9 Å². The molecule has 3 unspecified atom stereocenters. The highest BCUT2D eigenvalue weighted by Crippen LogP contribution is 2.57. The molecule has 2 bridgehead atoms. The topological polar surface area (TPSA) is 26.0 Å². The first kappa shape index (κ1) is 11.7. The Labute approximate surface area is 112 Å². The van der Waals surface area contributed by atoms with Gasteiger partial charge in [0.2, 0.25) is 0 Å². The number of rotatable bonds is 3. The molecule has 0 aliphatic heterocycles.